The summed E-state index contributed by atoms with van der Waals surface area (Å²) in [5.41, 5.74) is 11.2. The second-order valence-electron chi connectivity index (χ2n) is 3.17. The third-order valence-electron chi connectivity index (χ3n) is 1.87. The SMILES string of the molecule is CN(C)C(N)CCCCCN.Cl. The first-order valence-corrected chi connectivity index (χ1v) is 4.30. The Bertz CT molecular complexity index is 88.4. The molecule has 0 aliphatic rings. The highest BCUT2D eigenvalue weighted by Crippen LogP contribution is 2.02. The van der Waals surface area contributed by atoms with Crippen LogP contribution in [-0.2, 0) is 0 Å². The van der Waals surface area contributed by atoms with Crippen molar-refractivity contribution in [1.82, 2.24) is 4.90 Å². The van der Waals surface area contributed by atoms with E-state index in [2.05, 4.69) is 0 Å². The second-order valence-corrected chi connectivity index (χ2v) is 3.17. The van der Waals surface area contributed by atoms with E-state index in [1.807, 2.05) is 19.0 Å². The molecular weight excluding hydrogens is 174 g/mol. The zero-order valence-corrected chi connectivity index (χ0v) is 8.94. The van der Waals surface area contributed by atoms with Crippen LogP contribution in [-0.4, -0.2) is 31.7 Å². The lowest BCUT2D eigenvalue weighted by atomic mass is 10.1. The molecule has 0 rings (SSSR count). The summed E-state index contributed by atoms with van der Waals surface area (Å²) in [5.74, 6) is 0. The zero-order chi connectivity index (χ0) is 8.69. The molecule has 0 saturated heterocycles. The lowest BCUT2D eigenvalue weighted by molar-refractivity contribution is 0.279. The topological polar surface area (TPSA) is 55.3 Å². The van der Waals surface area contributed by atoms with Crippen molar-refractivity contribution in [2.45, 2.75) is 31.8 Å². The number of nitrogens with two attached hydrogens (primary N) is 2. The summed E-state index contributed by atoms with van der Waals surface area (Å²) in [6, 6.07) is 0. The van der Waals surface area contributed by atoms with Crippen LogP contribution in [0.1, 0.15) is 25.7 Å². The Morgan fingerprint density at radius 2 is 1.75 bits per heavy atom. The van der Waals surface area contributed by atoms with Crippen molar-refractivity contribution in [3.63, 3.8) is 0 Å². The van der Waals surface area contributed by atoms with E-state index >= 15 is 0 Å². The molecule has 1 unspecified atom stereocenters. The quantitative estimate of drug-likeness (QED) is 0.487. The summed E-state index contributed by atoms with van der Waals surface area (Å²) in [7, 11) is 4.02. The van der Waals surface area contributed by atoms with E-state index in [4.69, 9.17) is 11.5 Å². The Morgan fingerprint density at radius 3 is 2.17 bits per heavy atom. The van der Waals surface area contributed by atoms with Gasteiger partial charge in [0, 0.05) is 0 Å². The van der Waals surface area contributed by atoms with E-state index in [0.717, 1.165) is 19.4 Å². The van der Waals surface area contributed by atoms with Crippen LogP contribution in [0.3, 0.4) is 0 Å². The third kappa shape index (κ3) is 8.27. The van der Waals surface area contributed by atoms with Crippen molar-refractivity contribution < 1.29 is 0 Å². The minimum Gasteiger partial charge on any atom is -0.330 e. The Labute approximate surface area is 81.9 Å². The maximum Gasteiger partial charge on any atom is 0.0566 e. The van der Waals surface area contributed by atoms with Gasteiger partial charge >= 0.3 is 0 Å². The van der Waals surface area contributed by atoms with Gasteiger partial charge in [-0.3, -0.25) is 4.90 Å². The highest BCUT2D eigenvalue weighted by atomic mass is 35.5. The molecule has 0 aromatic heterocycles. The molecule has 0 aliphatic carbocycles. The summed E-state index contributed by atoms with van der Waals surface area (Å²) in [5, 5.41) is 0. The smallest absolute Gasteiger partial charge is 0.0566 e. The molecule has 12 heavy (non-hydrogen) atoms. The van der Waals surface area contributed by atoms with E-state index in [9.17, 15) is 0 Å². The Hall–Kier alpha value is 0.170. The van der Waals surface area contributed by atoms with Crippen LogP contribution >= 0.6 is 12.4 Å². The van der Waals surface area contributed by atoms with Crippen LogP contribution in [0.25, 0.3) is 0 Å². The molecular formula is C8H22ClN3. The number of hydrogen-bond acceptors (Lipinski definition) is 3. The molecule has 0 spiro atoms. The Balaban J connectivity index is 0. The van der Waals surface area contributed by atoms with Crippen molar-refractivity contribution in [1.29, 1.82) is 0 Å². The average molecular weight is 196 g/mol. The average Bonchev–Trinajstić information content (AvgIpc) is 1.97. The standard InChI is InChI=1S/C8H21N3.ClH/c1-11(2)8(10)6-4-3-5-7-9;/h8H,3-7,9-10H2,1-2H3;1H. The fourth-order valence-corrected chi connectivity index (χ4v) is 0.933. The molecule has 4 N–H and O–H groups in total. The van der Waals surface area contributed by atoms with E-state index < -0.39 is 0 Å². The number of nitrogens with zero attached hydrogens (tertiary/aromatic N) is 1. The normalized spacial score (nSPS) is 12.8. The van der Waals surface area contributed by atoms with E-state index in [0.29, 0.717) is 0 Å². The number of unbranched alkanes of at least 4 members (excludes halogenated alkanes) is 2. The molecule has 0 fully saturated rings. The molecule has 0 heterocycles. The fraction of sp³-hybridized carbons (Fsp3) is 1.00. The first-order chi connectivity index (χ1) is 5.18. The minimum absolute atomic E-state index is 0. The fourth-order valence-electron chi connectivity index (χ4n) is 0.933. The van der Waals surface area contributed by atoms with Crippen molar-refractivity contribution in [2.24, 2.45) is 11.5 Å². The number of hydrogen-bond donors (Lipinski definition) is 2. The van der Waals surface area contributed by atoms with Gasteiger partial charge in [-0.25, -0.2) is 0 Å². The minimum atomic E-state index is 0. The van der Waals surface area contributed by atoms with Gasteiger partial charge in [0.05, 0.1) is 6.17 Å². The van der Waals surface area contributed by atoms with Crippen molar-refractivity contribution in [3.8, 4) is 0 Å². The molecule has 4 heteroatoms. The molecule has 0 aromatic rings. The van der Waals surface area contributed by atoms with Gasteiger partial charge < -0.3 is 11.5 Å². The van der Waals surface area contributed by atoms with E-state index in [-0.39, 0.29) is 18.6 Å². The van der Waals surface area contributed by atoms with Crippen LogP contribution in [0.15, 0.2) is 0 Å². The van der Waals surface area contributed by atoms with Gasteiger partial charge in [-0.15, -0.1) is 12.4 Å². The van der Waals surface area contributed by atoms with Crippen LogP contribution in [0.4, 0.5) is 0 Å². The first kappa shape index (κ1) is 14.7. The van der Waals surface area contributed by atoms with Crippen LogP contribution in [0.2, 0.25) is 0 Å². The summed E-state index contributed by atoms with van der Waals surface area (Å²) < 4.78 is 0. The largest absolute Gasteiger partial charge is 0.330 e. The monoisotopic (exact) mass is 195 g/mol. The molecule has 76 valence electrons. The lowest BCUT2D eigenvalue weighted by Gasteiger charge is -2.18. The van der Waals surface area contributed by atoms with Crippen LogP contribution in [0.5, 0.6) is 0 Å². The molecule has 1 atom stereocenters. The zero-order valence-electron chi connectivity index (χ0n) is 8.12. The predicted octanol–water partition coefficient (Wildman–Crippen LogP) is 0.774. The molecule has 3 nitrogen and oxygen atoms in total. The number of rotatable bonds is 6. The Kier molecular flexibility index (Phi) is 11.3. The van der Waals surface area contributed by atoms with Crippen molar-refractivity contribution >= 4 is 12.4 Å². The van der Waals surface area contributed by atoms with Crippen LogP contribution < -0.4 is 11.5 Å². The van der Waals surface area contributed by atoms with Crippen LogP contribution in [0, 0.1) is 0 Å². The van der Waals surface area contributed by atoms with Crippen molar-refractivity contribution in [2.75, 3.05) is 20.6 Å². The van der Waals surface area contributed by atoms with E-state index in [1.54, 1.807) is 0 Å². The Morgan fingerprint density at radius 1 is 1.17 bits per heavy atom. The number of halogens is 1. The van der Waals surface area contributed by atoms with Gasteiger partial charge in [0.1, 0.15) is 0 Å². The molecule has 0 radical (unpaired) electrons. The van der Waals surface area contributed by atoms with Crippen molar-refractivity contribution in [3.05, 3.63) is 0 Å². The molecule has 0 amide bonds. The van der Waals surface area contributed by atoms with Gasteiger partial charge in [-0.1, -0.05) is 12.8 Å². The predicted molar refractivity (Wildman–Crippen MR) is 56.4 cm³/mol. The molecule has 0 aliphatic heterocycles. The van der Waals surface area contributed by atoms with Gasteiger partial charge in [0.25, 0.3) is 0 Å². The first-order valence-electron chi connectivity index (χ1n) is 4.30. The molecule has 0 aromatic carbocycles. The van der Waals surface area contributed by atoms with Gasteiger partial charge in [-0.05, 0) is 33.5 Å². The maximum atomic E-state index is 5.79. The lowest BCUT2D eigenvalue weighted by Crippen LogP contribution is -2.36. The molecule has 0 saturated carbocycles. The third-order valence-corrected chi connectivity index (χ3v) is 1.87. The van der Waals surface area contributed by atoms with E-state index in [1.165, 1.54) is 12.8 Å². The summed E-state index contributed by atoms with van der Waals surface area (Å²) in [6.45, 7) is 0.803. The second kappa shape index (κ2) is 9.26. The highest BCUT2D eigenvalue weighted by molar-refractivity contribution is 5.85. The van der Waals surface area contributed by atoms with Gasteiger partial charge in [0.2, 0.25) is 0 Å². The summed E-state index contributed by atoms with van der Waals surface area (Å²) in [6.07, 6.45) is 4.81. The maximum absolute atomic E-state index is 5.79. The molecule has 0 bridgehead atoms. The summed E-state index contributed by atoms with van der Waals surface area (Å²) in [4.78, 5) is 2.04. The highest BCUT2D eigenvalue weighted by Gasteiger charge is 2.02. The summed E-state index contributed by atoms with van der Waals surface area (Å²) >= 11 is 0. The van der Waals surface area contributed by atoms with Gasteiger partial charge in [-0.2, -0.15) is 0 Å². The van der Waals surface area contributed by atoms with Gasteiger partial charge in [0.15, 0.2) is 0 Å².